The Bertz CT molecular complexity index is 1030. The van der Waals surface area contributed by atoms with Crippen molar-refractivity contribution in [3.8, 4) is 5.75 Å². The van der Waals surface area contributed by atoms with Gasteiger partial charge in [-0.3, -0.25) is 4.79 Å². The largest absolute Gasteiger partial charge is 0.491 e. The van der Waals surface area contributed by atoms with Crippen molar-refractivity contribution >= 4 is 29.0 Å². The number of carbonyl (C=O) groups is 1. The monoisotopic (exact) mass is 400 g/mol. The molecule has 3 aromatic rings. The van der Waals surface area contributed by atoms with Crippen molar-refractivity contribution in [1.29, 1.82) is 0 Å². The van der Waals surface area contributed by atoms with Crippen LogP contribution in [-0.2, 0) is 4.79 Å². The van der Waals surface area contributed by atoms with Crippen LogP contribution in [0.3, 0.4) is 0 Å². The van der Waals surface area contributed by atoms with E-state index in [0.717, 1.165) is 17.0 Å². The highest BCUT2D eigenvalue weighted by molar-refractivity contribution is 6.28. The summed E-state index contributed by atoms with van der Waals surface area (Å²) < 4.78 is 7.30. The number of methoxy groups -OCH3 is 1. The molecule has 1 N–H and O–H groups in total. The van der Waals surface area contributed by atoms with Crippen LogP contribution < -0.4 is 15.0 Å². The number of nitrogens with one attached hydrogen (secondary N) is 1. The first kappa shape index (κ1) is 18.5. The summed E-state index contributed by atoms with van der Waals surface area (Å²) in [4.78, 5) is 27.4. The summed E-state index contributed by atoms with van der Waals surface area (Å²) in [5, 5.41) is 3.27. The van der Waals surface area contributed by atoms with E-state index < -0.39 is 0 Å². The van der Waals surface area contributed by atoms with Crippen LogP contribution in [0.25, 0.3) is 5.65 Å². The minimum absolute atomic E-state index is 0.00755. The molecule has 3 aromatic heterocycles. The molecule has 0 bridgehead atoms. The Morgan fingerprint density at radius 2 is 2.14 bits per heavy atom. The highest BCUT2D eigenvalue weighted by Gasteiger charge is 2.36. The predicted molar refractivity (Wildman–Crippen MR) is 106 cm³/mol. The molecule has 4 heterocycles. The van der Waals surface area contributed by atoms with Crippen LogP contribution >= 0.6 is 11.6 Å². The maximum atomic E-state index is 12.7. The molecule has 0 saturated carbocycles. The first-order chi connectivity index (χ1) is 13.5. The number of pyridine rings is 1. The molecule has 1 unspecified atom stereocenters. The number of nitrogens with zero attached hydrogens (tertiary/aromatic N) is 5. The first-order valence-corrected chi connectivity index (χ1v) is 9.41. The van der Waals surface area contributed by atoms with Crippen LogP contribution in [0, 0.1) is 12.8 Å². The molecule has 4 rings (SSSR count). The number of ether oxygens (including phenoxy) is 1. The summed E-state index contributed by atoms with van der Waals surface area (Å²) in [6, 6.07) is 5.71. The molecule has 1 fully saturated rings. The Morgan fingerprint density at radius 3 is 2.89 bits per heavy atom. The van der Waals surface area contributed by atoms with E-state index in [1.807, 2.05) is 47.5 Å². The number of hydrogen-bond donors (Lipinski definition) is 1. The first-order valence-electron chi connectivity index (χ1n) is 9.03. The normalized spacial score (nSPS) is 15.4. The summed E-state index contributed by atoms with van der Waals surface area (Å²) in [6.07, 6.45) is 3.50. The van der Waals surface area contributed by atoms with Crippen LogP contribution in [0.4, 0.5) is 5.82 Å². The molecule has 1 aliphatic heterocycles. The molecular formula is C19H21ClN6O2. The molecular weight excluding hydrogens is 380 g/mol. The number of halogens is 1. The number of hydrogen-bond acceptors (Lipinski definition) is 6. The molecule has 0 aromatic carbocycles. The summed E-state index contributed by atoms with van der Waals surface area (Å²) in [7, 11) is 1.56. The Balaban J connectivity index is 1.43. The Labute approximate surface area is 167 Å². The van der Waals surface area contributed by atoms with Crippen molar-refractivity contribution < 1.29 is 9.53 Å². The van der Waals surface area contributed by atoms with E-state index in [0.29, 0.717) is 24.7 Å². The highest BCUT2D eigenvalue weighted by Crippen LogP contribution is 2.32. The van der Waals surface area contributed by atoms with Crippen molar-refractivity contribution in [2.45, 2.75) is 19.9 Å². The van der Waals surface area contributed by atoms with E-state index in [4.69, 9.17) is 16.3 Å². The maximum absolute atomic E-state index is 12.7. The number of fused-ring (bicyclic) bond motifs is 1. The van der Waals surface area contributed by atoms with Gasteiger partial charge in [0.25, 0.3) is 0 Å². The molecule has 0 spiro atoms. The van der Waals surface area contributed by atoms with Gasteiger partial charge in [-0.2, -0.15) is 4.98 Å². The van der Waals surface area contributed by atoms with Crippen molar-refractivity contribution in [2.24, 2.45) is 5.92 Å². The van der Waals surface area contributed by atoms with Gasteiger partial charge in [-0.15, -0.1) is 0 Å². The fourth-order valence-electron chi connectivity index (χ4n) is 3.58. The lowest BCUT2D eigenvalue weighted by atomic mass is 9.98. The quantitative estimate of drug-likeness (QED) is 0.662. The van der Waals surface area contributed by atoms with E-state index in [1.165, 1.54) is 6.20 Å². The molecule has 0 radical (unpaired) electrons. The third-order valence-corrected chi connectivity index (χ3v) is 5.18. The molecule has 8 nitrogen and oxygen atoms in total. The second-order valence-corrected chi connectivity index (χ2v) is 7.21. The second-order valence-electron chi connectivity index (χ2n) is 6.87. The van der Waals surface area contributed by atoms with Gasteiger partial charge in [0.1, 0.15) is 5.65 Å². The van der Waals surface area contributed by atoms with Crippen molar-refractivity contribution in [1.82, 2.24) is 24.7 Å². The average Bonchev–Trinajstić information content (AvgIpc) is 2.96. The lowest BCUT2D eigenvalue weighted by Gasteiger charge is -2.39. The lowest BCUT2D eigenvalue weighted by Crippen LogP contribution is -2.54. The fraction of sp³-hybridized carbons (Fsp3) is 0.368. The molecule has 146 valence electrons. The molecule has 1 atom stereocenters. The van der Waals surface area contributed by atoms with E-state index in [-0.39, 0.29) is 23.2 Å². The number of rotatable bonds is 5. The molecule has 28 heavy (non-hydrogen) atoms. The minimum atomic E-state index is -0.151. The minimum Gasteiger partial charge on any atom is -0.491 e. The molecule has 1 amide bonds. The van der Waals surface area contributed by atoms with Crippen LogP contribution in [0.2, 0.25) is 5.28 Å². The zero-order valence-electron chi connectivity index (χ0n) is 15.9. The van der Waals surface area contributed by atoms with Gasteiger partial charge in [-0.25, -0.2) is 9.97 Å². The Hall–Kier alpha value is -2.87. The van der Waals surface area contributed by atoms with E-state index in [2.05, 4.69) is 20.3 Å². The van der Waals surface area contributed by atoms with Gasteiger partial charge in [0.05, 0.1) is 36.7 Å². The van der Waals surface area contributed by atoms with Gasteiger partial charge in [0.15, 0.2) is 11.6 Å². The number of anilines is 1. The van der Waals surface area contributed by atoms with E-state index >= 15 is 0 Å². The van der Waals surface area contributed by atoms with Crippen LogP contribution in [-0.4, -0.2) is 45.5 Å². The molecule has 0 aliphatic carbocycles. The van der Waals surface area contributed by atoms with Gasteiger partial charge in [-0.1, -0.05) is 6.07 Å². The topological polar surface area (TPSA) is 84.7 Å². The Morgan fingerprint density at radius 1 is 1.36 bits per heavy atom. The lowest BCUT2D eigenvalue weighted by molar-refractivity contribution is -0.126. The van der Waals surface area contributed by atoms with E-state index in [1.54, 1.807) is 7.11 Å². The van der Waals surface area contributed by atoms with Gasteiger partial charge in [0, 0.05) is 19.3 Å². The van der Waals surface area contributed by atoms with Crippen LogP contribution in [0.1, 0.15) is 24.4 Å². The summed E-state index contributed by atoms with van der Waals surface area (Å²) in [5.41, 5.74) is 2.78. The molecule has 1 aliphatic rings. The third kappa shape index (κ3) is 3.24. The maximum Gasteiger partial charge on any atom is 0.227 e. The van der Waals surface area contributed by atoms with Crippen LogP contribution in [0.15, 0.2) is 30.6 Å². The van der Waals surface area contributed by atoms with Gasteiger partial charge < -0.3 is 19.4 Å². The molecule has 1 saturated heterocycles. The Kier molecular flexibility index (Phi) is 4.80. The summed E-state index contributed by atoms with van der Waals surface area (Å²) in [6.45, 7) is 5.04. The number of aryl methyl sites for hydroxylation is 1. The zero-order valence-corrected chi connectivity index (χ0v) is 16.6. The number of amides is 1. The van der Waals surface area contributed by atoms with Gasteiger partial charge in [0.2, 0.25) is 11.2 Å². The summed E-state index contributed by atoms with van der Waals surface area (Å²) >= 11 is 5.89. The van der Waals surface area contributed by atoms with E-state index in [9.17, 15) is 4.79 Å². The summed E-state index contributed by atoms with van der Waals surface area (Å²) in [5.74, 6) is 1.03. The fourth-order valence-corrected chi connectivity index (χ4v) is 3.71. The second kappa shape index (κ2) is 7.27. The SMILES string of the molecule is COc1cnc(Cl)nc1N1CC(C(=O)NC(C)c2c(C)nc3ccccn23)C1. The van der Waals surface area contributed by atoms with Crippen LogP contribution in [0.5, 0.6) is 5.75 Å². The van der Waals surface area contributed by atoms with Crippen molar-refractivity contribution in [2.75, 3.05) is 25.1 Å². The predicted octanol–water partition coefficient (Wildman–Crippen LogP) is 2.41. The number of carbonyl (C=O) groups excluding carboxylic acids is 1. The average molecular weight is 401 g/mol. The zero-order chi connectivity index (χ0) is 19.8. The molecule has 9 heteroatoms. The van der Waals surface area contributed by atoms with Crippen molar-refractivity contribution in [3.05, 3.63) is 47.3 Å². The van der Waals surface area contributed by atoms with Crippen molar-refractivity contribution in [3.63, 3.8) is 0 Å². The highest BCUT2D eigenvalue weighted by atomic mass is 35.5. The number of aromatic nitrogens is 4. The smallest absolute Gasteiger partial charge is 0.227 e. The number of imidazole rings is 1. The third-order valence-electron chi connectivity index (χ3n) is 5.00. The standard InChI is InChI=1S/C19H21ClN6O2/c1-11-16(26-7-5-4-6-15(26)22-11)12(2)23-18(27)13-9-25(10-13)17-14(28-3)8-21-19(20)24-17/h4-8,12-13H,9-10H2,1-3H3,(H,23,27). The van der Waals surface area contributed by atoms with Gasteiger partial charge >= 0.3 is 0 Å². The van der Waals surface area contributed by atoms with Gasteiger partial charge in [-0.05, 0) is 37.6 Å².